The molecular formula is C3H9BOS. The van der Waals surface area contributed by atoms with E-state index in [9.17, 15) is 0 Å². The van der Waals surface area contributed by atoms with Crippen LogP contribution in [-0.4, -0.2) is 13.8 Å². The lowest BCUT2D eigenvalue weighted by molar-refractivity contribution is 0.721. The van der Waals surface area contributed by atoms with Crippen molar-refractivity contribution < 1.29 is 4.10 Å². The number of rotatable bonds is 3. The van der Waals surface area contributed by atoms with Gasteiger partial charge in [0.2, 0.25) is 0 Å². The smallest absolute Gasteiger partial charge is 0.277 e. The molecule has 0 spiro atoms. The molecule has 0 amide bonds. The van der Waals surface area contributed by atoms with Gasteiger partial charge in [0.05, 0.1) is 0 Å². The SMILES string of the molecule is BOSCCC. The van der Waals surface area contributed by atoms with Crippen LogP contribution in [-0.2, 0) is 4.10 Å². The number of hydrogen-bond donors (Lipinski definition) is 0. The fourth-order valence-corrected chi connectivity index (χ4v) is 0.500. The molecule has 6 heavy (non-hydrogen) atoms. The molecule has 0 N–H and O–H groups in total. The molecule has 0 radical (unpaired) electrons. The first-order chi connectivity index (χ1) is 2.91. The van der Waals surface area contributed by atoms with Gasteiger partial charge in [0.15, 0.2) is 0 Å². The van der Waals surface area contributed by atoms with Gasteiger partial charge in [-0.1, -0.05) is 6.92 Å². The van der Waals surface area contributed by atoms with Gasteiger partial charge in [0, 0.05) is 5.75 Å². The van der Waals surface area contributed by atoms with Gasteiger partial charge in [-0.15, -0.1) is 0 Å². The third kappa shape index (κ3) is 4.37. The third-order valence-electron chi connectivity index (χ3n) is 0.405. The molecule has 1 nitrogen and oxygen atoms in total. The predicted molar refractivity (Wildman–Crippen MR) is 32.4 cm³/mol. The molecule has 0 aliphatic carbocycles. The average Bonchev–Trinajstić information content (AvgIpc) is 1.61. The summed E-state index contributed by atoms with van der Waals surface area (Å²) < 4.78 is 4.70. The third-order valence-corrected chi connectivity index (χ3v) is 1.22. The molecule has 0 rings (SSSR count). The molecule has 0 bridgehead atoms. The van der Waals surface area contributed by atoms with Gasteiger partial charge in [-0.05, 0) is 18.5 Å². The first-order valence-electron chi connectivity index (χ1n) is 2.07. The second-order valence-corrected chi connectivity index (χ2v) is 1.97. The van der Waals surface area contributed by atoms with Crippen LogP contribution in [0, 0.1) is 0 Å². The molecule has 3 heteroatoms. The Bertz CT molecular complexity index is 22.8. The molecule has 0 unspecified atom stereocenters. The minimum atomic E-state index is 1.11. The summed E-state index contributed by atoms with van der Waals surface area (Å²) in [7, 11) is 1.69. The Morgan fingerprint density at radius 3 is 2.67 bits per heavy atom. The van der Waals surface area contributed by atoms with Crippen LogP contribution in [0.2, 0.25) is 0 Å². The van der Waals surface area contributed by atoms with Crippen LogP contribution in [0.1, 0.15) is 13.3 Å². The van der Waals surface area contributed by atoms with Crippen LogP contribution >= 0.6 is 12.0 Å². The molecule has 0 saturated carbocycles. The van der Waals surface area contributed by atoms with Crippen LogP contribution < -0.4 is 0 Å². The van der Waals surface area contributed by atoms with Crippen LogP contribution in [0.5, 0.6) is 0 Å². The van der Waals surface area contributed by atoms with E-state index < -0.39 is 0 Å². The van der Waals surface area contributed by atoms with Gasteiger partial charge in [-0.2, -0.15) is 0 Å². The van der Waals surface area contributed by atoms with Crippen LogP contribution in [0.15, 0.2) is 0 Å². The molecule has 0 aromatic rings. The Morgan fingerprint density at radius 2 is 2.50 bits per heavy atom. The van der Waals surface area contributed by atoms with Crippen molar-refractivity contribution in [2.45, 2.75) is 13.3 Å². The van der Waals surface area contributed by atoms with Crippen molar-refractivity contribution >= 4 is 20.1 Å². The van der Waals surface area contributed by atoms with E-state index in [1.807, 2.05) is 0 Å². The highest BCUT2D eigenvalue weighted by molar-refractivity contribution is 7.95. The molecule has 0 aliphatic heterocycles. The maximum absolute atomic E-state index is 4.70. The van der Waals surface area contributed by atoms with Crippen molar-refractivity contribution in [1.82, 2.24) is 0 Å². The maximum atomic E-state index is 4.70. The largest absolute Gasteiger partial charge is 0.386 e. The molecule has 0 aromatic heterocycles. The highest BCUT2D eigenvalue weighted by Crippen LogP contribution is 1.98. The lowest BCUT2D eigenvalue weighted by atomic mass is 10.6. The first-order valence-corrected chi connectivity index (χ1v) is 2.98. The summed E-state index contributed by atoms with van der Waals surface area (Å²) in [5.74, 6) is 1.11. The zero-order chi connectivity index (χ0) is 4.83. The highest BCUT2D eigenvalue weighted by Gasteiger charge is 1.75. The molecule has 36 valence electrons. The summed E-state index contributed by atoms with van der Waals surface area (Å²) in [5.41, 5.74) is 0. The summed E-state index contributed by atoms with van der Waals surface area (Å²) >= 11 is 1.51. The van der Waals surface area contributed by atoms with E-state index in [0.717, 1.165) is 5.75 Å². The molecular weight excluding hydrogens is 94.9 g/mol. The zero-order valence-electron chi connectivity index (χ0n) is 4.23. The van der Waals surface area contributed by atoms with Gasteiger partial charge >= 0.3 is 0 Å². The van der Waals surface area contributed by atoms with E-state index >= 15 is 0 Å². The molecule has 0 atom stereocenters. The van der Waals surface area contributed by atoms with E-state index in [-0.39, 0.29) is 0 Å². The van der Waals surface area contributed by atoms with Crippen LogP contribution in [0.25, 0.3) is 0 Å². The Morgan fingerprint density at radius 1 is 1.83 bits per heavy atom. The second-order valence-electron chi connectivity index (χ2n) is 0.989. The quantitative estimate of drug-likeness (QED) is 0.294. The lowest BCUT2D eigenvalue weighted by Gasteiger charge is -1.88. The van der Waals surface area contributed by atoms with Crippen molar-refractivity contribution in [2.75, 3.05) is 5.75 Å². The standard InChI is InChI=1S/C3H9BOS/c1-2-3-6-5-4/h2-4H2,1H3. The second kappa shape index (κ2) is 5.37. The summed E-state index contributed by atoms with van der Waals surface area (Å²) in [4.78, 5) is 0. The topological polar surface area (TPSA) is 9.23 Å². The van der Waals surface area contributed by atoms with Gasteiger partial charge < -0.3 is 4.10 Å². The normalized spacial score (nSPS) is 8.83. The summed E-state index contributed by atoms with van der Waals surface area (Å²) in [5, 5.41) is 0. The van der Waals surface area contributed by atoms with Crippen LogP contribution in [0.4, 0.5) is 0 Å². The first kappa shape index (κ1) is 6.37. The highest BCUT2D eigenvalue weighted by atomic mass is 32.2. The Hall–Kier alpha value is 0.375. The Balaban J connectivity index is 2.34. The van der Waals surface area contributed by atoms with Crippen molar-refractivity contribution in [3.05, 3.63) is 0 Å². The fraction of sp³-hybridized carbons (Fsp3) is 1.00. The molecule has 0 heterocycles. The minimum absolute atomic E-state index is 1.11. The van der Waals surface area contributed by atoms with E-state index in [1.54, 1.807) is 8.05 Å². The van der Waals surface area contributed by atoms with Crippen molar-refractivity contribution in [1.29, 1.82) is 0 Å². The fourth-order valence-electron chi connectivity index (χ4n) is 0.167. The Kier molecular flexibility index (Phi) is 5.71. The van der Waals surface area contributed by atoms with Crippen molar-refractivity contribution in [2.24, 2.45) is 0 Å². The summed E-state index contributed by atoms with van der Waals surface area (Å²) in [6, 6.07) is 0. The Labute approximate surface area is 44.1 Å². The maximum Gasteiger partial charge on any atom is 0.277 e. The monoisotopic (exact) mass is 104 g/mol. The van der Waals surface area contributed by atoms with E-state index in [2.05, 4.69) is 6.92 Å². The zero-order valence-corrected chi connectivity index (χ0v) is 5.05. The summed E-state index contributed by atoms with van der Waals surface area (Å²) in [6.45, 7) is 2.13. The van der Waals surface area contributed by atoms with Gasteiger partial charge in [-0.3, -0.25) is 0 Å². The van der Waals surface area contributed by atoms with Crippen LogP contribution in [0.3, 0.4) is 0 Å². The number of hydrogen-bond acceptors (Lipinski definition) is 2. The molecule has 0 aromatic carbocycles. The molecule has 0 fully saturated rings. The van der Waals surface area contributed by atoms with Crippen molar-refractivity contribution in [3.8, 4) is 0 Å². The van der Waals surface area contributed by atoms with E-state index in [0.29, 0.717) is 0 Å². The molecule has 0 saturated heterocycles. The van der Waals surface area contributed by atoms with E-state index in [4.69, 9.17) is 4.10 Å². The average molecular weight is 104 g/mol. The lowest BCUT2D eigenvalue weighted by Crippen LogP contribution is -1.73. The summed E-state index contributed by atoms with van der Waals surface area (Å²) in [6.07, 6.45) is 1.19. The van der Waals surface area contributed by atoms with Gasteiger partial charge in [0.25, 0.3) is 8.05 Å². The van der Waals surface area contributed by atoms with E-state index in [1.165, 1.54) is 18.5 Å². The molecule has 0 aliphatic rings. The van der Waals surface area contributed by atoms with Crippen molar-refractivity contribution in [3.63, 3.8) is 0 Å². The predicted octanol–water partition coefficient (Wildman–Crippen LogP) is 0.609. The van der Waals surface area contributed by atoms with Gasteiger partial charge in [0.1, 0.15) is 0 Å². The van der Waals surface area contributed by atoms with Gasteiger partial charge in [-0.25, -0.2) is 0 Å². The minimum Gasteiger partial charge on any atom is -0.386 e.